The maximum Gasteiger partial charge on any atom is 0.267 e. The summed E-state index contributed by atoms with van der Waals surface area (Å²) in [6.45, 7) is 3.10. The predicted octanol–water partition coefficient (Wildman–Crippen LogP) is 1.86. The first-order chi connectivity index (χ1) is 10.2. The lowest BCUT2D eigenvalue weighted by molar-refractivity contribution is -0.142. The summed E-state index contributed by atoms with van der Waals surface area (Å²) in [5, 5.41) is 7.00. The fourth-order valence-electron chi connectivity index (χ4n) is 2.65. The smallest absolute Gasteiger partial charge is 0.267 e. The van der Waals surface area contributed by atoms with Crippen LogP contribution in [0.15, 0.2) is 35.5 Å². The van der Waals surface area contributed by atoms with Crippen molar-refractivity contribution >= 4 is 11.6 Å². The fourth-order valence-corrected chi connectivity index (χ4v) is 2.65. The molecule has 2 aliphatic rings. The second-order valence-electron chi connectivity index (χ2n) is 5.75. The van der Waals surface area contributed by atoms with Crippen molar-refractivity contribution in [1.29, 1.82) is 0 Å². The highest BCUT2D eigenvalue weighted by molar-refractivity contribution is 6.05. The van der Waals surface area contributed by atoms with E-state index in [0.717, 1.165) is 30.7 Å². The third-order valence-electron chi connectivity index (χ3n) is 3.96. The maximum absolute atomic E-state index is 12.3. The van der Waals surface area contributed by atoms with Crippen molar-refractivity contribution < 1.29 is 14.4 Å². The summed E-state index contributed by atoms with van der Waals surface area (Å²) >= 11 is 0. The molecule has 0 aromatic heterocycles. The average Bonchev–Trinajstić information content (AvgIpc) is 3.16. The largest absolute Gasteiger partial charge is 0.379 e. The number of nitrogens with one attached hydrogen (secondary N) is 1. The summed E-state index contributed by atoms with van der Waals surface area (Å²) < 4.78 is 5.51. The van der Waals surface area contributed by atoms with E-state index < -0.39 is 5.60 Å². The first kappa shape index (κ1) is 14.1. The third kappa shape index (κ3) is 3.08. The van der Waals surface area contributed by atoms with Crippen LogP contribution in [0.3, 0.4) is 0 Å². The van der Waals surface area contributed by atoms with Crippen LogP contribution in [-0.4, -0.2) is 36.5 Å². The van der Waals surface area contributed by atoms with E-state index >= 15 is 0 Å². The molecule has 1 aromatic carbocycles. The van der Waals surface area contributed by atoms with Gasteiger partial charge in [-0.05, 0) is 25.3 Å². The number of benzene rings is 1. The number of hydrogen-bond donors (Lipinski definition) is 1. The fraction of sp³-hybridized carbons (Fsp3) is 0.500. The van der Waals surface area contributed by atoms with E-state index in [0.29, 0.717) is 13.0 Å². The Morgan fingerprint density at radius 3 is 2.95 bits per heavy atom. The predicted molar refractivity (Wildman–Crippen MR) is 79.1 cm³/mol. The lowest BCUT2D eigenvalue weighted by Crippen LogP contribution is -2.46. The molecule has 0 bridgehead atoms. The van der Waals surface area contributed by atoms with Crippen LogP contribution in [0.2, 0.25) is 0 Å². The van der Waals surface area contributed by atoms with Crippen LogP contribution < -0.4 is 5.32 Å². The van der Waals surface area contributed by atoms with Crippen LogP contribution >= 0.6 is 0 Å². The molecule has 2 atom stereocenters. The molecule has 0 saturated carbocycles. The Hall–Kier alpha value is -1.88. The minimum Gasteiger partial charge on any atom is -0.379 e. The van der Waals surface area contributed by atoms with Gasteiger partial charge in [-0.2, -0.15) is 0 Å². The number of ether oxygens (including phenoxy) is 1. The summed E-state index contributed by atoms with van der Waals surface area (Å²) in [5.74, 6) is -0.132. The Labute approximate surface area is 124 Å². The van der Waals surface area contributed by atoms with Crippen molar-refractivity contribution in [1.82, 2.24) is 5.32 Å². The van der Waals surface area contributed by atoms with Gasteiger partial charge in [0.2, 0.25) is 5.60 Å². The van der Waals surface area contributed by atoms with Crippen molar-refractivity contribution in [3.05, 3.63) is 35.9 Å². The van der Waals surface area contributed by atoms with Gasteiger partial charge in [-0.3, -0.25) is 4.79 Å². The molecule has 1 aromatic rings. The van der Waals surface area contributed by atoms with E-state index in [1.807, 2.05) is 30.3 Å². The molecule has 0 unspecified atom stereocenters. The number of carbonyl (C=O) groups is 1. The lowest BCUT2D eigenvalue weighted by atomic mass is 9.95. The van der Waals surface area contributed by atoms with Gasteiger partial charge in [-0.15, -0.1) is 0 Å². The summed E-state index contributed by atoms with van der Waals surface area (Å²) in [6.07, 6.45) is 2.68. The van der Waals surface area contributed by atoms with E-state index in [1.54, 1.807) is 6.92 Å². The molecule has 112 valence electrons. The zero-order chi connectivity index (χ0) is 14.7. The van der Waals surface area contributed by atoms with Gasteiger partial charge < -0.3 is 14.9 Å². The molecule has 0 radical (unpaired) electrons. The Morgan fingerprint density at radius 2 is 2.24 bits per heavy atom. The molecule has 5 nitrogen and oxygen atoms in total. The van der Waals surface area contributed by atoms with Gasteiger partial charge >= 0.3 is 0 Å². The number of rotatable bonds is 4. The van der Waals surface area contributed by atoms with Gasteiger partial charge in [-0.1, -0.05) is 35.5 Å². The molecule has 21 heavy (non-hydrogen) atoms. The summed E-state index contributed by atoms with van der Waals surface area (Å²) in [4.78, 5) is 17.8. The van der Waals surface area contributed by atoms with Crippen molar-refractivity contribution in [2.45, 2.75) is 37.9 Å². The average molecular weight is 288 g/mol. The Kier molecular flexibility index (Phi) is 3.92. The van der Waals surface area contributed by atoms with Crippen molar-refractivity contribution in [3.8, 4) is 0 Å². The van der Waals surface area contributed by atoms with Crippen LogP contribution in [-0.2, 0) is 14.4 Å². The first-order valence-electron chi connectivity index (χ1n) is 7.38. The number of hydrogen-bond acceptors (Lipinski definition) is 4. The second kappa shape index (κ2) is 5.85. The molecule has 2 aliphatic heterocycles. The third-order valence-corrected chi connectivity index (χ3v) is 3.96. The molecule has 1 fully saturated rings. The summed E-state index contributed by atoms with van der Waals surface area (Å²) in [7, 11) is 0. The second-order valence-corrected chi connectivity index (χ2v) is 5.75. The van der Waals surface area contributed by atoms with Crippen LogP contribution in [0.5, 0.6) is 0 Å². The highest BCUT2D eigenvalue weighted by atomic mass is 16.7. The van der Waals surface area contributed by atoms with Gasteiger partial charge in [0, 0.05) is 19.6 Å². The standard InChI is InChI=1S/C16H20N2O3/c1-16(15(19)17-11-13-8-5-9-20-13)10-14(18-21-16)12-6-3-2-4-7-12/h2-4,6-7,13H,5,8-11H2,1H3,(H,17,19)/t13-,16-/m0/s1. The maximum atomic E-state index is 12.3. The monoisotopic (exact) mass is 288 g/mol. The Bertz CT molecular complexity index is 538. The molecule has 2 heterocycles. The lowest BCUT2D eigenvalue weighted by Gasteiger charge is -2.21. The van der Waals surface area contributed by atoms with Crippen LogP contribution in [0.4, 0.5) is 0 Å². The SMILES string of the molecule is C[C@@]1(C(=O)NC[C@@H]2CCCO2)CC(c2ccccc2)=NO1. The van der Waals surface area contributed by atoms with E-state index in [-0.39, 0.29) is 12.0 Å². The number of nitrogens with zero attached hydrogens (tertiary/aromatic N) is 1. The van der Waals surface area contributed by atoms with E-state index in [9.17, 15) is 4.79 Å². The molecule has 0 spiro atoms. The Morgan fingerprint density at radius 1 is 1.43 bits per heavy atom. The molecule has 1 amide bonds. The van der Waals surface area contributed by atoms with Gasteiger partial charge in [0.1, 0.15) is 0 Å². The van der Waals surface area contributed by atoms with Gasteiger partial charge in [-0.25, -0.2) is 0 Å². The summed E-state index contributed by atoms with van der Waals surface area (Å²) in [6, 6.07) is 9.79. The van der Waals surface area contributed by atoms with Crippen molar-refractivity contribution in [2.75, 3.05) is 13.2 Å². The molecule has 1 saturated heterocycles. The molecular weight excluding hydrogens is 268 g/mol. The van der Waals surface area contributed by atoms with E-state index in [4.69, 9.17) is 9.57 Å². The molecule has 0 aliphatic carbocycles. The highest BCUT2D eigenvalue weighted by Crippen LogP contribution is 2.26. The quantitative estimate of drug-likeness (QED) is 0.920. The molecule has 5 heteroatoms. The Balaban J connectivity index is 1.57. The van der Waals surface area contributed by atoms with Crippen LogP contribution in [0.1, 0.15) is 31.7 Å². The number of amides is 1. The zero-order valence-electron chi connectivity index (χ0n) is 12.2. The normalized spacial score (nSPS) is 28.0. The van der Waals surface area contributed by atoms with Gasteiger partial charge in [0.05, 0.1) is 11.8 Å². The minimum atomic E-state index is -0.927. The number of carbonyl (C=O) groups excluding carboxylic acids is 1. The van der Waals surface area contributed by atoms with E-state index in [2.05, 4.69) is 10.5 Å². The van der Waals surface area contributed by atoms with Crippen molar-refractivity contribution in [2.24, 2.45) is 5.16 Å². The minimum absolute atomic E-state index is 0.132. The zero-order valence-corrected chi connectivity index (χ0v) is 12.2. The van der Waals surface area contributed by atoms with Gasteiger partial charge in [0.25, 0.3) is 5.91 Å². The molecular formula is C16H20N2O3. The number of oxime groups is 1. The highest BCUT2D eigenvalue weighted by Gasteiger charge is 2.42. The van der Waals surface area contributed by atoms with E-state index in [1.165, 1.54) is 0 Å². The van der Waals surface area contributed by atoms with Crippen molar-refractivity contribution in [3.63, 3.8) is 0 Å². The van der Waals surface area contributed by atoms with Crippen LogP contribution in [0, 0.1) is 0 Å². The summed E-state index contributed by atoms with van der Waals surface area (Å²) in [5.41, 5.74) is 0.877. The molecule has 1 N–H and O–H groups in total. The van der Waals surface area contributed by atoms with Crippen LogP contribution in [0.25, 0.3) is 0 Å². The first-order valence-corrected chi connectivity index (χ1v) is 7.38. The van der Waals surface area contributed by atoms with Gasteiger partial charge in [0.15, 0.2) is 0 Å². The topological polar surface area (TPSA) is 59.9 Å². The molecule has 3 rings (SSSR count).